The number of ether oxygens (including phenoxy) is 2. The molecule has 1 aliphatic rings. The van der Waals surface area contributed by atoms with E-state index in [0.29, 0.717) is 6.73 Å². The van der Waals surface area contributed by atoms with Gasteiger partial charge in [0.15, 0.2) is 0 Å². The summed E-state index contributed by atoms with van der Waals surface area (Å²) < 4.78 is 16.2. The number of nitrogens with zero attached hydrogens (tertiary/aromatic N) is 3. The monoisotopic (exact) mass is 515 g/mol. The maximum absolute atomic E-state index is 6.05. The second kappa shape index (κ2) is 8.07. The van der Waals surface area contributed by atoms with E-state index in [0.717, 1.165) is 27.7 Å². The van der Waals surface area contributed by atoms with Gasteiger partial charge in [0.2, 0.25) is 0 Å². The predicted octanol–water partition coefficient (Wildman–Crippen LogP) is 5.55. The van der Waals surface area contributed by atoms with Crippen LogP contribution in [0.25, 0.3) is 21.8 Å². The molecule has 1 unspecified atom stereocenters. The van der Waals surface area contributed by atoms with Crippen LogP contribution in [0, 0.1) is 0 Å². The largest absolute Gasteiger partial charge is 0.348 e. The maximum atomic E-state index is 6.05. The zero-order valence-corrected chi connectivity index (χ0v) is 18.8. The summed E-state index contributed by atoms with van der Waals surface area (Å²) in [6, 6.07) is 16.9. The van der Waals surface area contributed by atoms with Gasteiger partial charge in [-0.05, 0) is 48.5 Å². The molecule has 0 N–H and O–H groups in total. The second-order valence-electron chi connectivity index (χ2n) is 7.11. The van der Waals surface area contributed by atoms with Crippen molar-refractivity contribution in [1.82, 2.24) is 9.55 Å². The molecular formula is C22H19Br2N3O2. The number of benzene rings is 2. The van der Waals surface area contributed by atoms with Crippen LogP contribution >= 0.6 is 31.9 Å². The zero-order chi connectivity index (χ0) is 19.8. The Hall–Kier alpha value is -1.93. The van der Waals surface area contributed by atoms with Gasteiger partial charge in [-0.15, -0.1) is 0 Å². The summed E-state index contributed by atoms with van der Waals surface area (Å²) >= 11 is 7.23. The number of hydrogen-bond donors (Lipinski definition) is 0. The van der Waals surface area contributed by atoms with E-state index in [1.165, 1.54) is 21.8 Å². The van der Waals surface area contributed by atoms with Crippen LogP contribution in [0.3, 0.4) is 0 Å². The lowest BCUT2D eigenvalue weighted by molar-refractivity contribution is -0.0681. The van der Waals surface area contributed by atoms with Crippen molar-refractivity contribution in [2.24, 2.45) is 0 Å². The Bertz CT molecular complexity index is 1100. The first-order valence-corrected chi connectivity index (χ1v) is 11.0. The molecule has 148 valence electrons. The van der Waals surface area contributed by atoms with Crippen LogP contribution in [0.15, 0.2) is 69.9 Å². The predicted molar refractivity (Wildman–Crippen MR) is 122 cm³/mol. The van der Waals surface area contributed by atoms with Gasteiger partial charge in [-0.2, -0.15) is 0 Å². The molecule has 5 nitrogen and oxygen atoms in total. The third-order valence-electron chi connectivity index (χ3n) is 5.24. The highest BCUT2D eigenvalue weighted by Crippen LogP contribution is 2.33. The third kappa shape index (κ3) is 3.80. The number of aromatic nitrogens is 2. The number of fused-ring (bicyclic) bond motifs is 3. The SMILES string of the molecule is Brc1ccc2c(c1)c1cc(Br)ccc1n2CC1CN(c2cccnc2)COCO1. The van der Waals surface area contributed by atoms with Gasteiger partial charge in [0.1, 0.15) is 13.5 Å². The zero-order valence-electron chi connectivity index (χ0n) is 15.6. The molecule has 4 aromatic rings. The molecular weight excluding hydrogens is 498 g/mol. The van der Waals surface area contributed by atoms with Crippen molar-refractivity contribution in [2.75, 3.05) is 25.0 Å². The Morgan fingerprint density at radius 1 is 1.00 bits per heavy atom. The molecule has 29 heavy (non-hydrogen) atoms. The van der Waals surface area contributed by atoms with Crippen LogP contribution in [0.5, 0.6) is 0 Å². The highest BCUT2D eigenvalue weighted by Gasteiger charge is 2.22. The second-order valence-corrected chi connectivity index (χ2v) is 8.94. The van der Waals surface area contributed by atoms with E-state index in [4.69, 9.17) is 9.47 Å². The third-order valence-corrected chi connectivity index (χ3v) is 6.23. The van der Waals surface area contributed by atoms with Gasteiger partial charge in [0, 0.05) is 43.5 Å². The lowest BCUT2D eigenvalue weighted by Crippen LogP contribution is -2.34. The average Bonchev–Trinajstić information content (AvgIpc) is 2.88. The molecule has 1 saturated heterocycles. The fourth-order valence-electron chi connectivity index (χ4n) is 3.92. The Morgan fingerprint density at radius 2 is 1.72 bits per heavy atom. The van der Waals surface area contributed by atoms with Crippen LogP contribution in [0.1, 0.15) is 0 Å². The Kier molecular flexibility index (Phi) is 5.30. The summed E-state index contributed by atoms with van der Waals surface area (Å²) in [4.78, 5) is 6.41. The first-order chi connectivity index (χ1) is 14.2. The maximum Gasteiger partial charge on any atom is 0.149 e. The molecule has 2 aromatic carbocycles. The number of halogens is 2. The normalized spacial score (nSPS) is 17.7. The van der Waals surface area contributed by atoms with Crippen molar-refractivity contribution in [3.05, 3.63) is 69.9 Å². The van der Waals surface area contributed by atoms with Gasteiger partial charge in [0.25, 0.3) is 0 Å². The summed E-state index contributed by atoms with van der Waals surface area (Å²) in [5, 5.41) is 2.45. The van der Waals surface area contributed by atoms with E-state index in [2.05, 4.69) is 82.7 Å². The lowest BCUT2D eigenvalue weighted by Gasteiger charge is -2.25. The van der Waals surface area contributed by atoms with E-state index in [1.807, 2.05) is 18.3 Å². The summed E-state index contributed by atoms with van der Waals surface area (Å²) in [5.41, 5.74) is 3.43. The highest BCUT2D eigenvalue weighted by atomic mass is 79.9. The minimum Gasteiger partial charge on any atom is -0.348 e. The molecule has 2 aromatic heterocycles. The number of hydrogen-bond acceptors (Lipinski definition) is 4. The van der Waals surface area contributed by atoms with Crippen LogP contribution in [0.4, 0.5) is 5.69 Å². The first kappa shape index (κ1) is 19.1. The fourth-order valence-corrected chi connectivity index (χ4v) is 4.65. The quantitative estimate of drug-likeness (QED) is 0.358. The topological polar surface area (TPSA) is 39.5 Å². The van der Waals surface area contributed by atoms with E-state index in [-0.39, 0.29) is 12.9 Å². The van der Waals surface area contributed by atoms with Crippen molar-refractivity contribution in [3.8, 4) is 0 Å². The van der Waals surface area contributed by atoms with Gasteiger partial charge in [-0.1, -0.05) is 31.9 Å². The molecule has 3 heterocycles. The minimum absolute atomic E-state index is 0.0104. The van der Waals surface area contributed by atoms with Crippen LogP contribution in [0.2, 0.25) is 0 Å². The van der Waals surface area contributed by atoms with Gasteiger partial charge in [0.05, 0.1) is 24.5 Å². The first-order valence-electron chi connectivity index (χ1n) is 9.40. The van der Waals surface area contributed by atoms with Gasteiger partial charge >= 0.3 is 0 Å². The number of pyridine rings is 1. The summed E-state index contributed by atoms with van der Waals surface area (Å²) in [5.74, 6) is 0. The molecule has 0 amide bonds. The van der Waals surface area contributed by atoms with Gasteiger partial charge in [-0.25, -0.2) is 0 Å². The van der Waals surface area contributed by atoms with E-state index in [9.17, 15) is 0 Å². The molecule has 1 aliphatic heterocycles. The smallest absolute Gasteiger partial charge is 0.149 e. The standard InChI is InChI=1S/C22H19Br2N3O2/c23-15-3-5-21-19(8-15)20-9-16(24)4-6-22(20)27(21)12-18-11-26(13-28-14-29-18)17-2-1-7-25-10-17/h1-10,18H,11-14H2. The Morgan fingerprint density at radius 3 is 2.38 bits per heavy atom. The van der Waals surface area contributed by atoms with Crippen molar-refractivity contribution < 1.29 is 9.47 Å². The molecule has 0 aliphatic carbocycles. The van der Waals surface area contributed by atoms with E-state index >= 15 is 0 Å². The van der Waals surface area contributed by atoms with E-state index < -0.39 is 0 Å². The Labute approximate surface area is 185 Å². The highest BCUT2D eigenvalue weighted by molar-refractivity contribution is 9.10. The van der Waals surface area contributed by atoms with Crippen molar-refractivity contribution >= 4 is 59.4 Å². The molecule has 0 spiro atoms. The van der Waals surface area contributed by atoms with Crippen molar-refractivity contribution in [2.45, 2.75) is 12.6 Å². The lowest BCUT2D eigenvalue weighted by atomic mass is 10.2. The van der Waals surface area contributed by atoms with Gasteiger partial charge < -0.3 is 18.9 Å². The van der Waals surface area contributed by atoms with Crippen LogP contribution in [-0.4, -0.2) is 35.7 Å². The molecule has 1 fully saturated rings. The molecule has 0 saturated carbocycles. The molecule has 5 rings (SSSR count). The summed E-state index contributed by atoms with van der Waals surface area (Å²) in [6.07, 6.45) is 3.63. The Balaban J connectivity index is 1.53. The average molecular weight is 517 g/mol. The van der Waals surface area contributed by atoms with Crippen LogP contribution < -0.4 is 4.90 Å². The summed E-state index contributed by atoms with van der Waals surface area (Å²) in [6.45, 7) is 2.26. The van der Waals surface area contributed by atoms with Crippen LogP contribution in [-0.2, 0) is 16.0 Å². The molecule has 7 heteroatoms. The van der Waals surface area contributed by atoms with E-state index in [1.54, 1.807) is 6.20 Å². The number of anilines is 1. The van der Waals surface area contributed by atoms with Gasteiger partial charge in [-0.3, -0.25) is 4.98 Å². The summed E-state index contributed by atoms with van der Waals surface area (Å²) in [7, 11) is 0. The molecule has 0 radical (unpaired) electrons. The van der Waals surface area contributed by atoms with Crippen molar-refractivity contribution in [1.29, 1.82) is 0 Å². The molecule has 1 atom stereocenters. The minimum atomic E-state index is -0.0104. The van der Waals surface area contributed by atoms with Crippen molar-refractivity contribution in [3.63, 3.8) is 0 Å². The molecule has 0 bridgehead atoms. The number of rotatable bonds is 3. The fraction of sp³-hybridized carbons (Fsp3) is 0.227.